The van der Waals surface area contributed by atoms with Crippen molar-refractivity contribution in [3.63, 3.8) is 0 Å². The normalized spacial score (nSPS) is 16.0. The molecule has 25 heavy (non-hydrogen) atoms. The standard InChI is InChI=1S/C15H26N6O3S/c1-10(2)9-21-14(20-5-7-24-8-6-20)18-19-15(21)25-11(3)12(22)17-13(23)16-4/h10-11H,5-9H2,1-4H3,(H2,16,17,22,23)/t11-/m1/s1. The van der Waals surface area contributed by atoms with Crippen molar-refractivity contribution in [1.82, 2.24) is 25.4 Å². The fourth-order valence-corrected chi connectivity index (χ4v) is 3.23. The maximum atomic E-state index is 12.1. The molecule has 2 N–H and O–H groups in total. The molecule has 10 heteroatoms. The molecule has 1 aliphatic rings. The summed E-state index contributed by atoms with van der Waals surface area (Å²) >= 11 is 1.30. The lowest BCUT2D eigenvalue weighted by molar-refractivity contribution is -0.119. The van der Waals surface area contributed by atoms with E-state index in [0.29, 0.717) is 24.3 Å². The van der Waals surface area contributed by atoms with Crippen LogP contribution in [0.4, 0.5) is 10.7 Å². The van der Waals surface area contributed by atoms with Crippen LogP contribution in [0.1, 0.15) is 20.8 Å². The molecule has 1 saturated heterocycles. The minimum atomic E-state index is -0.518. The van der Waals surface area contributed by atoms with Gasteiger partial charge < -0.3 is 15.0 Å². The molecule has 2 heterocycles. The summed E-state index contributed by atoms with van der Waals surface area (Å²) in [5.41, 5.74) is 0. The molecular formula is C15H26N6O3S. The number of nitrogens with one attached hydrogen (secondary N) is 2. The highest BCUT2D eigenvalue weighted by molar-refractivity contribution is 8.00. The molecule has 1 atom stereocenters. The van der Waals surface area contributed by atoms with E-state index >= 15 is 0 Å². The number of amides is 3. The second kappa shape index (κ2) is 9.04. The third-order valence-corrected chi connectivity index (χ3v) is 4.73. The first-order chi connectivity index (χ1) is 11.9. The molecule has 1 aliphatic heterocycles. The zero-order valence-electron chi connectivity index (χ0n) is 15.1. The SMILES string of the molecule is CNC(=O)NC(=O)[C@@H](C)Sc1nnc(N2CCOCC2)n1CC(C)C. The molecule has 0 unspecified atom stereocenters. The van der Waals surface area contributed by atoms with Gasteiger partial charge in [0.05, 0.1) is 18.5 Å². The van der Waals surface area contributed by atoms with Crippen molar-refractivity contribution in [2.45, 2.75) is 37.7 Å². The van der Waals surface area contributed by atoms with Gasteiger partial charge in [0.1, 0.15) is 0 Å². The molecule has 2 rings (SSSR count). The summed E-state index contributed by atoms with van der Waals surface area (Å²) in [6, 6.07) is -0.518. The van der Waals surface area contributed by atoms with Crippen LogP contribution >= 0.6 is 11.8 Å². The first-order valence-corrected chi connectivity index (χ1v) is 9.25. The summed E-state index contributed by atoms with van der Waals surface area (Å²) in [5, 5.41) is 13.5. The number of hydrogen-bond donors (Lipinski definition) is 2. The first kappa shape index (κ1) is 19.5. The number of imide groups is 1. The van der Waals surface area contributed by atoms with Gasteiger partial charge in [-0.2, -0.15) is 0 Å². The number of urea groups is 1. The van der Waals surface area contributed by atoms with Gasteiger partial charge in [-0.05, 0) is 12.8 Å². The van der Waals surface area contributed by atoms with Crippen molar-refractivity contribution in [1.29, 1.82) is 0 Å². The Kier molecular flexibility index (Phi) is 7.06. The summed E-state index contributed by atoms with van der Waals surface area (Å²) in [6.07, 6.45) is 0. The Morgan fingerprint density at radius 1 is 1.24 bits per heavy atom. The third-order valence-electron chi connectivity index (χ3n) is 3.65. The van der Waals surface area contributed by atoms with E-state index in [9.17, 15) is 9.59 Å². The Morgan fingerprint density at radius 2 is 1.92 bits per heavy atom. The summed E-state index contributed by atoms with van der Waals surface area (Å²) < 4.78 is 7.44. The number of rotatable bonds is 6. The highest BCUT2D eigenvalue weighted by atomic mass is 32.2. The second-order valence-corrected chi connectivity index (χ2v) is 7.52. The Labute approximate surface area is 151 Å². The van der Waals surface area contributed by atoms with Crippen LogP contribution in [-0.2, 0) is 16.1 Å². The largest absolute Gasteiger partial charge is 0.378 e. The molecule has 3 amide bonds. The van der Waals surface area contributed by atoms with Crippen LogP contribution < -0.4 is 15.5 Å². The number of hydrogen-bond acceptors (Lipinski definition) is 7. The van der Waals surface area contributed by atoms with Crippen LogP contribution in [0, 0.1) is 5.92 Å². The fourth-order valence-electron chi connectivity index (χ4n) is 2.38. The van der Waals surface area contributed by atoms with Crippen molar-refractivity contribution >= 4 is 29.6 Å². The molecule has 1 aromatic heterocycles. The van der Waals surface area contributed by atoms with Crippen molar-refractivity contribution in [2.75, 3.05) is 38.3 Å². The van der Waals surface area contributed by atoms with Crippen molar-refractivity contribution in [3.05, 3.63) is 0 Å². The molecule has 140 valence electrons. The quantitative estimate of drug-likeness (QED) is 0.711. The Balaban J connectivity index is 2.14. The van der Waals surface area contributed by atoms with Gasteiger partial charge in [0, 0.05) is 26.7 Å². The lowest BCUT2D eigenvalue weighted by Crippen LogP contribution is -2.41. The summed E-state index contributed by atoms with van der Waals surface area (Å²) in [7, 11) is 1.47. The number of nitrogens with zero attached hydrogens (tertiary/aromatic N) is 4. The van der Waals surface area contributed by atoms with E-state index in [1.807, 2.05) is 4.57 Å². The summed E-state index contributed by atoms with van der Waals surface area (Å²) in [6.45, 7) is 9.63. The van der Waals surface area contributed by atoms with Crippen molar-refractivity contribution < 1.29 is 14.3 Å². The van der Waals surface area contributed by atoms with Crippen molar-refractivity contribution in [2.24, 2.45) is 5.92 Å². The van der Waals surface area contributed by atoms with Crippen LogP contribution in [0.5, 0.6) is 0 Å². The topological polar surface area (TPSA) is 101 Å². The molecule has 0 bridgehead atoms. The molecule has 0 radical (unpaired) electrons. The third kappa shape index (κ3) is 5.33. The number of carbonyl (C=O) groups is 2. The number of ether oxygens (including phenoxy) is 1. The van der Waals surface area contributed by atoms with E-state index in [4.69, 9.17) is 4.74 Å². The van der Waals surface area contributed by atoms with E-state index < -0.39 is 11.3 Å². The number of aromatic nitrogens is 3. The fraction of sp³-hybridized carbons (Fsp3) is 0.733. The zero-order valence-corrected chi connectivity index (χ0v) is 15.9. The molecule has 0 aliphatic carbocycles. The van der Waals surface area contributed by atoms with Gasteiger partial charge in [-0.1, -0.05) is 25.6 Å². The number of thioether (sulfide) groups is 1. The Morgan fingerprint density at radius 3 is 2.52 bits per heavy atom. The van der Waals surface area contributed by atoms with Gasteiger partial charge in [-0.3, -0.25) is 14.7 Å². The molecule has 0 saturated carbocycles. The van der Waals surface area contributed by atoms with Crippen LogP contribution in [0.25, 0.3) is 0 Å². The Hall–Kier alpha value is -1.81. The van der Waals surface area contributed by atoms with Crippen LogP contribution in [0.3, 0.4) is 0 Å². The van der Waals surface area contributed by atoms with Gasteiger partial charge in [0.2, 0.25) is 11.9 Å². The van der Waals surface area contributed by atoms with E-state index in [2.05, 4.69) is 39.6 Å². The van der Waals surface area contributed by atoms with E-state index in [-0.39, 0.29) is 5.91 Å². The molecule has 0 spiro atoms. The summed E-state index contributed by atoms with van der Waals surface area (Å²) in [5.74, 6) is 0.847. The van der Waals surface area contributed by atoms with E-state index in [1.165, 1.54) is 18.8 Å². The minimum Gasteiger partial charge on any atom is -0.378 e. The van der Waals surface area contributed by atoms with Gasteiger partial charge >= 0.3 is 6.03 Å². The van der Waals surface area contributed by atoms with Gasteiger partial charge in [-0.25, -0.2) is 4.79 Å². The van der Waals surface area contributed by atoms with E-state index in [1.54, 1.807) is 6.92 Å². The molecule has 1 fully saturated rings. The molecular weight excluding hydrogens is 344 g/mol. The highest BCUT2D eigenvalue weighted by Crippen LogP contribution is 2.27. The van der Waals surface area contributed by atoms with Crippen molar-refractivity contribution in [3.8, 4) is 0 Å². The average Bonchev–Trinajstić information content (AvgIpc) is 2.97. The lowest BCUT2D eigenvalue weighted by atomic mass is 10.2. The maximum absolute atomic E-state index is 12.1. The van der Waals surface area contributed by atoms with Gasteiger partial charge in [0.25, 0.3) is 0 Å². The molecule has 1 aromatic rings. The molecule has 0 aromatic carbocycles. The minimum absolute atomic E-state index is 0.364. The lowest BCUT2D eigenvalue weighted by Gasteiger charge is -2.28. The second-order valence-electron chi connectivity index (χ2n) is 6.21. The monoisotopic (exact) mass is 370 g/mol. The van der Waals surface area contributed by atoms with Gasteiger partial charge in [0.15, 0.2) is 5.16 Å². The van der Waals surface area contributed by atoms with E-state index in [0.717, 1.165) is 25.6 Å². The number of anilines is 1. The highest BCUT2D eigenvalue weighted by Gasteiger charge is 2.24. The summed E-state index contributed by atoms with van der Waals surface area (Å²) in [4.78, 5) is 25.5. The predicted octanol–water partition coefficient (Wildman–Crippen LogP) is 0.707. The number of carbonyl (C=O) groups excluding carboxylic acids is 2. The van der Waals surface area contributed by atoms with Gasteiger partial charge in [-0.15, -0.1) is 10.2 Å². The first-order valence-electron chi connectivity index (χ1n) is 8.37. The zero-order chi connectivity index (χ0) is 18.4. The average molecular weight is 370 g/mol. The van der Waals surface area contributed by atoms with Crippen LogP contribution in [0.2, 0.25) is 0 Å². The van der Waals surface area contributed by atoms with Crippen LogP contribution in [-0.4, -0.2) is 65.3 Å². The maximum Gasteiger partial charge on any atom is 0.321 e. The molecule has 9 nitrogen and oxygen atoms in total. The Bertz CT molecular complexity index is 600. The number of morpholine rings is 1. The smallest absolute Gasteiger partial charge is 0.321 e. The van der Waals surface area contributed by atoms with Crippen LogP contribution in [0.15, 0.2) is 5.16 Å². The predicted molar refractivity (Wildman–Crippen MR) is 95.8 cm³/mol.